The Bertz CT molecular complexity index is 797. The van der Waals surface area contributed by atoms with Crippen molar-refractivity contribution >= 4 is 11.8 Å². The zero-order valence-electron chi connectivity index (χ0n) is 17.3. The van der Waals surface area contributed by atoms with E-state index in [0.717, 1.165) is 37.2 Å². The Morgan fingerprint density at radius 2 is 2.03 bits per heavy atom. The first kappa shape index (κ1) is 21.1. The minimum atomic E-state index is -0.112. The first-order valence-electron chi connectivity index (χ1n) is 10.3. The van der Waals surface area contributed by atoms with Gasteiger partial charge in [-0.05, 0) is 50.5 Å². The number of carbonyl (C=O) groups is 2. The summed E-state index contributed by atoms with van der Waals surface area (Å²) in [6.07, 6.45) is 4.40. The Morgan fingerprint density at radius 1 is 1.17 bits per heavy atom. The number of hydrogen-bond donors (Lipinski definition) is 0. The Kier molecular flexibility index (Phi) is 7.47. The van der Waals surface area contributed by atoms with Crippen molar-refractivity contribution in [3.63, 3.8) is 0 Å². The molecule has 0 saturated carbocycles. The summed E-state index contributed by atoms with van der Waals surface area (Å²) in [5.41, 5.74) is 1.64. The maximum absolute atomic E-state index is 13.2. The summed E-state index contributed by atoms with van der Waals surface area (Å²) < 4.78 is 11.2. The molecular weight excluding hydrogens is 368 g/mol. The second-order valence-corrected chi connectivity index (χ2v) is 7.58. The van der Waals surface area contributed by atoms with E-state index >= 15 is 0 Å². The lowest BCUT2D eigenvalue weighted by molar-refractivity contribution is -0.134. The van der Waals surface area contributed by atoms with Gasteiger partial charge in [0.15, 0.2) is 0 Å². The molecule has 1 aliphatic heterocycles. The summed E-state index contributed by atoms with van der Waals surface area (Å²) >= 11 is 0. The highest BCUT2D eigenvalue weighted by molar-refractivity contribution is 5.96. The van der Waals surface area contributed by atoms with E-state index in [-0.39, 0.29) is 24.5 Å². The van der Waals surface area contributed by atoms with Gasteiger partial charge in [0.05, 0.1) is 18.9 Å². The Hall–Kier alpha value is -2.60. The van der Waals surface area contributed by atoms with Gasteiger partial charge < -0.3 is 19.0 Å². The fourth-order valence-electron chi connectivity index (χ4n) is 3.63. The second kappa shape index (κ2) is 10.3. The van der Waals surface area contributed by atoms with Crippen LogP contribution in [0.1, 0.15) is 47.9 Å². The Balaban J connectivity index is 1.72. The number of carbonyl (C=O) groups excluding carboxylic acids is 2. The van der Waals surface area contributed by atoms with Crippen molar-refractivity contribution in [2.45, 2.75) is 45.8 Å². The molecular formula is C23H30N2O4. The molecule has 0 spiro atoms. The van der Waals surface area contributed by atoms with Gasteiger partial charge in [0.2, 0.25) is 5.91 Å². The third kappa shape index (κ3) is 5.94. The number of ether oxygens (including phenoxy) is 1. The molecule has 0 radical (unpaired) electrons. The zero-order chi connectivity index (χ0) is 20.6. The number of nitrogens with zero attached hydrogens (tertiary/aromatic N) is 2. The van der Waals surface area contributed by atoms with Gasteiger partial charge in [-0.1, -0.05) is 24.6 Å². The van der Waals surface area contributed by atoms with Gasteiger partial charge in [-0.15, -0.1) is 0 Å². The van der Waals surface area contributed by atoms with E-state index < -0.39 is 0 Å². The molecule has 6 heteroatoms. The molecule has 0 bridgehead atoms. The molecule has 1 atom stereocenters. The molecule has 1 unspecified atom stereocenters. The largest absolute Gasteiger partial charge is 0.467 e. The van der Waals surface area contributed by atoms with E-state index in [1.807, 2.05) is 44.2 Å². The maximum atomic E-state index is 13.2. The molecule has 2 heterocycles. The van der Waals surface area contributed by atoms with Crippen LogP contribution >= 0.6 is 0 Å². The fraction of sp³-hybridized carbons (Fsp3) is 0.478. The number of aryl methyl sites for hydroxylation is 1. The number of furan rings is 1. The van der Waals surface area contributed by atoms with Gasteiger partial charge >= 0.3 is 0 Å². The maximum Gasteiger partial charge on any atom is 0.254 e. The molecule has 3 rings (SSSR count). The molecule has 6 nitrogen and oxygen atoms in total. The van der Waals surface area contributed by atoms with Gasteiger partial charge in [0.1, 0.15) is 12.3 Å². The summed E-state index contributed by atoms with van der Waals surface area (Å²) in [5.74, 6) is 0.522. The van der Waals surface area contributed by atoms with Crippen LogP contribution in [0.25, 0.3) is 0 Å². The molecule has 1 aromatic carbocycles. The number of rotatable bonds is 9. The van der Waals surface area contributed by atoms with Crippen molar-refractivity contribution < 1.29 is 18.7 Å². The highest BCUT2D eigenvalue weighted by Crippen LogP contribution is 2.16. The lowest BCUT2D eigenvalue weighted by atomic mass is 10.1. The lowest BCUT2D eigenvalue weighted by Gasteiger charge is -2.28. The Labute approximate surface area is 172 Å². The van der Waals surface area contributed by atoms with Gasteiger partial charge in [0, 0.05) is 25.3 Å². The predicted molar refractivity (Wildman–Crippen MR) is 110 cm³/mol. The monoisotopic (exact) mass is 398 g/mol. The van der Waals surface area contributed by atoms with Crippen LogP contribution in [0.5, 0.6) is 0 Å². The van der Waals surface area contributed by atoms with Crippen LogP contribution in [0.2, 0.25) is 0 Å². The highest BCUT2D eigenvalue weighted by atomic mass is 16.5. The Morgan fingerprint density at radius 3 is 2.69 bits per heavy atom. The van der Waals surface area contributed by atoms with Crippen LogP contribution in [0, 0.1) is 6.92 Å². The molecule has 2 aromatic rings. The fourth-order valence-corrected chi connectivity index (χ4v) is 3.63. The van der Waals surface area contributed by atoms with E-state index in [2.05, 4.69) is 0 Å². The van der Waals surface area contributed by atoms with Crippen molar-refractivity contribution in [3.05, 3.63) is 59.5 Å². The second-order valence-electron chi connectivity index (χ2n) is 7.58. The van der Waals surface area contributed by atoms with Gasteiger partial charge in [0.25, 0.3) is 5.91 Å². The minimum Gasteiger partial charge on any atom is -0.467 e. The van der Waals surface area contributed by atoms with Crippen LogP contribution in [-0.2, 0) is 16.1 Å². The van der Waals surface area contributed by atoms with E-state index in [1.54, 1.807) is 22.1 Å². The molecule has 1 aliphatic rings. The molecule has 1 aromatic heterocycles. The summed E-state index contributed by atoms with van der Waals surface area (Å²) in [7, 11) is 0. The average molecular weight is 399 g/mol. The summed E-state index contributed by atoms with van der Waals surface area (Å²) in [6.45, 7) is 6.18. The van der Waals surface area contributed by atoms with Crippen LogP contribution in [0.4, 0.5) is 0 Å². The molecule has 0 aliphatic carbocycles. The first-order chi connectivity index (χ1) is 14.1. The predicted octanol–water partition coefficient (Wildman–Crippen LogP) is 3.65. The summed E-state index contributed by atoms with van der Waals surface area (Å²) in [6, 6.07) is 11.2. The summed E-state index contributed by atoms with van der Waals surface area (Å²) in [4.78, 5) is 29.6. The third-order valence-corrected chi connectivity index (χ3v) is 5.10. The molecule has 29 heavy (non-hydrogen) atoms. The SMILES string of the molecule is CCCN(CC(=O)N(Cc1ccco1)CC1CCCO1)C(=O)c1cccc(C)c1. The van der Waals surface area contributed by atoms with Crippen molar-refractivity contribution in [1.29, 1.82) is 0 Å². The highest BCUT2D eigenvalue weighted by Gasteiger charge is 2.26. The van der Waals surface area contributed by atoms with Crippen LogP contribution in [-0.4, -0.2) is 54.0 Å². The molecule has 2 amide bonds. The van der Waals surface area contributed by atoms with Crippen molar-refractivity contribution in [1.82, 2.24) is 9.80 Å². The normalized spacial score (nSPS) is 16.0. The topological polar surface area (TPSA) is 63.0 Å². The molecule has 0 N–H and O–H groups in total. The van der Waals surface area contributed by atoms with Gasteiger partial charge in [-0.25, -0.2) is 0 Å². The van der Waals surface area contributed by atoms with E-state index in [4.69, 9.17) is 9.15 Å². The van der Waals surface area contributed by atoms with E-state index in [0.29, 0.717) is 25.2 Å². The van der Waals surface area contributed by atoms with Gasteiger partial charge in [-0.3, -0.25) is 9.59 Å². The average Bonchev–Trinajstić information content (AvgIpc) is 3.41. The van der Waals surface area contributed by atoms with Crippen LogP contribution in [0.15, 0.2) is 47.1 Å². The zero-order valence-corrected chi connectivity index (χ0v) is 17.3. The number of hydrogen-bond acceptors (Lipinski definition) is 4. The first-order valence-corrected chi connectivity index (χ1v) is 10.3. The summed E-state index contributed by atoms with van der Waals surface area (Å²) in [5, 5.41) is 0. The van der Waals surface area contributed by atoms with Crippen LogP contribution < -0.4 is 0 Å². The standard InChI is InChI=1S/C23H30N2O4/c1-3-11-24(23(27)19-8-4-7-18(2)14-19)17-22(26)25(15-20-9-5-12-28-20)16-21-10-6-13-29-21/h4-5,7-9,12,14,21H,3,6,10-11,13,15-17H2,1-2H3. The molecule has 1 saturated heterocycles. The van der Waals surface area contributed by atoms with Crippen molar-refractivity contribution in [3.8, 4) is 0 Å². The minimum absolute atomic E-state index is 0.0426. The van der Waals surface area contributed by atoms with Crippen molar-refractivity contribution in [2.75, 3.05) is 26.2 Å². The van der Waals surface area contributed by atoms with Crippen molar-refractivity contribution in [2.24, 2.45) is 0 Å². The molecule has 1 fully saturated rings. The quantitative estimate of drug-likeness (QED) is 0.647. The van der Waals surface area contributed by atoms with E-state index in [1.165, 1.54) is 0 Å². The molecule has 156 valence electrons. The lowest BCUT2D eigenvalue weighted by Crippen LogP contribution is -2.45. The van der Waals surface area contributed by atoms with Gasteiger partial charge in [-0.2, -0.15) is 0 Å². The number of benzene rings is 1. The van der Waals surface area contributed by atoms with Crippen LogP contribution in [0.3, 0.4) is 0 Å². The van der Waals surface area contributed by atoms with E-state index in [9.17, 15) is 9.59 Å². The number of amides is 2. The third-order valence-electron chi connectivity index (χ3n) is 5.10. The smallest absolute Gasteiger partial charge is 0.254 e.